The van der Waals surface area contributed by atoms with Gasteiger partial charge in [-0.25, -0.2) is 19.3 Å². The molecule has 5 aromatic rings. The Morgan fingerprint density at radius 3 is 2.79 bits per heavy atom. The smallest absolute Gasteiger partial charge is 0.251 e. The van der Waals surface area contributed by atoms with Gasteiger partial charge in [0, 0.05) is 47.5 Å². The summed E-state index contributed by atoms with van der Waals surface area (Å²) >= 11 is 0. The number of aromatic amines is 1. The zero-order valence-electron chi connectivity index (χ0n) is 20.8. The summed E-state index contributed by atoms with van der Waals surface area (Å²) in [6, 6.07) is 9.63. The molecule has 0 saturated heterocycles. The van der Waals surface area contributed by atoms with Gasteiger partial charge in [0.2, 0.25) is 0 Å². The van der Waals surface area contributed by atoms with Crippen molar-refractivity contribution >= 4 is 23.1 Å². The van der Waals surface area contributed by atoms with Gasteiger partial charge >= 0.3 is 0 Å². The molecule has 0 radical (unpaired) electrons. The zero-order valence-corrected chi connectivity index (χ0v) is 20.8. The molecular formula is C27H26FN7O3. The fourth-order valence-electron chi connectivity index (χ4n) is 4.27. The molecular weight excluding hydrogens is 489 g/mol. The van der Waals surface area contributed by atoms with Crippen molar-refractivity contribution in [2.45, 2.75) is 19.4 Å². The number of carbonyl (C=O) groups is 1. The van der Waals surface area contributed by atoms with Crippen molar-refractivity contribution < 1.29 is 19.0 Å². The van der Waals surface area contributed by atoms with Gasteiger partial charge in [0.05, 0.1) is 38.0 Å². The molecule has 1 amide bonds. The molecule has 0 saturated carbocycles. The Labute approximate surface area is 217 Å². The number of anilines is 2. The average molecular weight is 516 g/mol. The fourth-order valence-corrected chi connectivity index (χ4v) is 4.27. The number of rotatable bonds is 9. The average Bonchev–Trinajstić information content (AvgIpc) is 3.59. The van der Waals surface area contributed by atoms with Gasteiger partial charge in [-0.2, -0.15) is 0 Å². The largest absolute Gasteiger partial charge is 0.494 e. The third-order valence-electron chi connectivity index (χ3n) is 6.19. The number of hydrogen-bond donors (Lipinski definition) is 4. The van der Waals surface area contributed by atoms with Crippen LogP contribution in [0.25, 0.3) is 16.9 Å². The molecule has 3 heterocycles. The van der Waals surface area contributed by atoms with Gasteiger partial charge in [0.15, 0.2) is 23.0 Å². The minimum absolute atomic E-state index is 0.170. The molecule has 38 heavy (non-hydrogen) atoms. The van der Waals surface area contributed by atoms with Crippen molar-refractivity contribution in [3.63, 3.8) is 0 Å². The molecule has 4 N–H and O–H groups in total. The molecule has 194 valence electrons. The fraction of sp³-hybridized carbons (Fsp3) is 0.185. The van der Waals surface area contributed by atoms with Crippen LogP contribution in [-0.2, 0) is 6.42 Å². The highest BCUT2D eigenvalue weighted by Gasteiger charge is 2.17. The highest BCUT2D eigenvalue weighted by molar-refractivity contribution is 5.96. The van der Waals surface area contributed by atoms with E-state index in [-0.39, 0.29) is 18.3 Å². The van der Waals surface area contributed by atoms with Crippen LogP contribution in [0.3, 0.4) is 0 Å². The number of imidazole rings is 2. The van der Waals surface area contributed by atoms with Crippen LogP contribution in [0.1, 0.15) is 21.6 Å². The third kappa shape index (κ3) is 5.04. The zero-order chi connectivity index (χ0) is 26.6. The van der Waals surface area contributed by atoms with Gasteiger partial charge < -0.3 is 25.5 Å². The van der Waals surface area contributed by atoms with E-state index in [0.29, 0.717) is 34.7 Å². The van der Waals surface area contributed by atoms with E-state index in [4.69, 9.17) is 4.74 Å². The number of nitrogens with one attached hydrogen (secondary N) is 3. The number of fused-ring (bicyclic) bond motifs is 1. The Morgan fingerprint density at radius 1 is 1.21 bits per heavy atom. The van der Waals surface area contributed by atoms with Crippen LogP contribution in [0.15, 0.2) is 67.5 Å². The lowest BCUT2D eigenvalue weighted by Gasteiger charge is -2.17. The van der Waals surface area contributed by atoms with Crippen molar-refractivity contribution in [3.05, 3.63) is 90.2 Å². The number of aliphatic hydroxyl groups excluding tert-OH is 1. The third-order valence-corrected chi connectivity index (χ3v) is 6.19. The van der Waals surface area contributed by atoms with Crippen molar-refractivity contribution in [2.24, 2.45) is 0 Å². The summed E-state index contributed by atoms with van der Waals surface area (Å²) in [6.45, 7) is 1.64. The van der Waals surface area contributed by atoms with E-state index < -0.39 is 11.9 Å². The number of methoxy groups -OCH3 is 1. The molecule has 0 unspecified atom stereocenters. The highest BCUT2D eigenvalue weighted by atomic mass is 19.1. The lowest BCUT2D eigenvalue weighted by atomic mass is 10.1. The molecule has 0 bridgehead atoms. The molecule has 1 atom stereocenters. The van der Waals surface area contributed by atoms with Crippen LogP contribution in [0.5, 0.6) is 5.75 Å². The molecule has 0 aliphatic rings. The summed E-state index contributed by atoms with van der Waals surface area (Å²) in [7, 11) is 1.42. The quantitative estimate of drug-likeness (QED) is 0.236. The topological polar surface area (TPSA) is 129 Å². The molecule has 0 aliphatic heterocycles. The molecule has 10 nitrogen and oxygen atoms in total. The minimum atomic E-state index is -0.460. The van der Waals surface area contributed by atoms with E-state index in [2.05, 4.69) is 30.6 Å². The second-order valence-corrected chi connectivity index (χ2v) is 8.75. The molecule has 0 spiro atoms. The summed E-state index contributed by atoms with van der Waals surface area (Å²) in [4.78, 5) is 28.7. The summed E-state index contributed by atoms with van der Waals surface area (Å²) in [5, 5.41) is 15.8. The van der Waals surface area contributed by atoms with E-state index in [0.717, 1.165) is 16.9 Å². The van der Waals surface area contributed by atoms with Crippen LogP contribution in [0, 0.1) is 12.7 Å². The van der Waals surface area contributed by atoms with Crippen molar-refractivity contribution in [1.29, 1.82) is 0 Å². The number of amides is 1. The van der Waals surface area contributed by atoms with Crippen molar-refractivity contribution in [1.82, 2.24) is 29.7 Å². The van der Waals surface area contributed by atoms with Crippen LogP contribution < -0.4 is 15.4 Å². The van der Waals surface area contributed by atoms with Crippen LogP contribution in [0.4, 0.5) is 15.9 Å². The first-order chi connectivity index (χ1) is 18.5. The van der Waals surface area contributed by atoms with E-state index in [1.54, 1.807) is 55.4 Å². The van der Waals surface area contributed by atoms with Gasteiger partial charge in [-0.05, 0) is 48.9 Å². The van der Waals surface area contributed by atoms with Gasteiger partial charge in [-0.15, -0.1) is 0 Å². The summed E-state index contributed by atoms with van der Waals surface area (Å²) in [5.41, 5.74) is 4.68. The first kappa shape index (κ1) is 24.9. The number of ether oxygens (including phenoxy) is 1. The second kappa shape index (κ2) is 10.7. The van der Waals surface area contributed by atoms with Gasteiger partial charge in [0.25, 0.3) is 5.91 Å². The number of halogens is 1. The number of hydrogen-bond acceptors (Lipinski definition) is 7. The predicted molar refractivity (Wildman–Crippen MR) is 140 cm³/mol. The summed E-state index contributed by atoms with van der Waals surface area (Å²) in [6.07, 6.45) is 8.69. The first-order valence-corrected chi connectivity index (χ1v) is 11.9. The number of aliphatic hydroxyl groups is 1. The van der Waals surface area contributed by atoms with Gasteiger partial charge in [-0.1, -0.05) is 0 Å². The number of aryl methyl sites for hydroxylation is 1. The highest BCUT2D eigenvalue weighted by Crippen LogP contribution is 2.28. The van der Waals surface area contributed by atoms with Gasteiger partial charge in [-0.3, -0.25) is 9.20 Å². The number of benzene rings is 2. The molecule has 11 heteroatoms. The maximum Gasteiger partial charge on any atom is 0.251 e. The predicted octanol–water partition coefficient (Wildman–Crippen LogP) is 3.65. The van der Waals surface area contributed by atoms with Crippen molar-refractivity contribution in [3.8, 4) is 17.0 Å². The molecule has 5 rings (SSSR count). The van der Waals surface area contributed by atoms with E-state index in [1.165, 1.54) is 13.2 Å². The second-order valence-electron chi connectivity index (χ2n) is 8.75. The Kier molecular flexibility index (Phi) is 7.00. The minimum Gasteiger partial charge on any atom is -0.494 e. The first-order valence-electron chi connectivity index (χ1n) is 11.9. The summed E-state index contributed by atoms with van der Waals surface area (Å²) < 4.78 is 21.1. The van der Waals surface area contributed by atoms with Crippen LogP contribution in [-0.4, -0.2) is 55.1 Å². The lowest BCUT2D eigenvalue weighted by molar-refractivity contribution is 0.0915. The number of carbonyl (C=O) groups excluding carboxylic acids is 1. The molecule has 0 fully saturated rings. The maximum absolute atomic E-state index is 14.3. The van der Waals surface area contributed by atoms with E-state index >= 15 is 0 Å². The Hall–Kier alpha value is -4.77. The maximum atomic E-state index is 14.3. The SMILES string of the molecule is COc1ccc(-c2cnc3c(Nc4ccc(C(=O)N[C@H](CO)Cc5cnc[nH]5)c(C)c4)nccn23)cc1F. The Balaban J connectivity index is 1.34. The number of nitrogens with zero attached hydrogens (tertiary/aromatic N) is 4. The molecule has 0 aliphatic carbocycles. The van der Waals surface area contributed by atoms with Crippen molar-refractivity contribution in [2.75, 3.05) is 19.0 Å². The van der Waals surface area contributed by atoms with Crippen LogP contribution >= 0.6 is 0 Å². The number of aromatic nitrogens is 5. The normalized spacial score (nSPS) is 11.9. The standard InChI is InChI=1S/C27H26FN7O3/c1-16-9-18(4-5-21(16)27(37)34-20(14-36)11-19-12-29-15-32-19)33-25-26-31-13-23(35(26)8-7-30-25)17-3-6-24(38-2)22(28)10-17/h3-10,12-13,15,20,36H,11,14H2,1-2H3,(H,29,32)(H,30,33)(H,34,37)/t20-/m0/s1. The van der Waals surface area contributed by atoms with E-state index in [1.807, 2.05) is 17.4 Å². The molecule has 3 aromatic heterocycles. The van der Waals surface area contributed by atoms with Gasteiger partial charge in [0.1, 0.15) is 0 Å². The monoisotopic (exact) mass is 515 g/mol. The molecule has 2 aromatic carbocycles. The van der Waals surface area contributed by atoms with E-state index in [9.17, 15) is 14.3 Å². The van der Waals surface area contributed by atoms with Crippen LogP contribution in [0.2, 0.25) is 0 Å². The lowest BCUT2D eigenvalue weighted by Crippen LogP contribution is -2.39. The Bertz CT molecular complexity index is 1580. The Morgan fingerprint density at radius 2 is 2.08 bits per heavy atom. The summed E-state index contributed by atoms with van der Waals surface area (Å²) in [5.74, 6) is -0.0657. The number of H-pyrrole nitrogens is 1.